The van der Waals surface area contributed by atoms with Gasteiger partial charge in [0.25, 0.3) is 0 Å². The Morgan fingerprint density at radius 2 is 1.91 bits per heavy atom. The largest absolute Gasteiger partial charge is 0.497 e. The second kappa shape index (κ2) is 8.23. The zero-order valence-corrected chi connectivity index (χ0v) is 18.0. The number of imidazole rings is 1. The van der Waals surface area contributed by atoms with Gasteiger partial charge in [0.05, 0.1) is 36.6 Å². The molecule has 33 heavy (non-hydrogen) atoms. The van der Waals surface area contributed by atoms with E-state index in [0.717, 1.165) is 28.1 Å². The monoisotopic (exact) mass is 444 g/mol. The van der Waals surface area contributed by atoms with Gasteiger partial charge in [-0.1, -0.05) is 12.1 Å². The highest BCUT2D eigenvalue weighted by Crippen LogP contribution is 2.26. The van der Waals surface area contributed by atoms with Gasteiger partial charge in [-0.05, 0) is 42.3 Å². The number of aryl methyl sites for hydroxylation is 1. The van der Waals surface area contributed by atoms with Crippen molar-refractivity contribution in [2.75, 3.05) is 18.2 Å². The highest BCUT2D eigenvalue weighted by Gasteiger charge is 2.15. The molecule has 5 aromatic rings. The smallest absolute Gasteiger partial charge is 0.197 e. The van der Waals surface area contributed by atoms with Gasteiger partial charge in [-0.25, -0.2) is 23.6 Å². The maximum absolute atomic E-state index is 13.7. The van der Waals surface area contributed by atoms with E-state index in [-0.39, 0.29) is 5.69 Å². The maximum Gasteiger partial charge on any atom is 0.197 e. The van der Waals surface area contributed by atoms with Crippen molar-refractivity contribution in [2.45, 2.75) is 13.5 Å². The van der Waals surface area contributed by atoms with Crippen molar-refractivity contribution in [3.05, 3.63) is 78.3 Å². The number of benzene rings is 2. The Morgan fingerprint density at radius 3 is 2.70 bits per heavy atom. The molecule has 2 aromatic carbocycles. The molecule has 0 atom stereocenters. The third-order valence-corrected chi connectivity index (χ3v) is 5.36. The summed E-state index contributed by atoms with van der Waals surface area (Å²) in [6.45, 7) is 2.38. The van der Waals surface area contributed by atoms with Crippen LogP contribution in [-0.2, 0) is 6.54 Å². The molecule has 3 aromatic heterocycles. The van der Waals surface area contributed by atoms with Crippen molar-refractivity contribution in [3.63, 3.8) is 0 Å². The minimum Gasteiger partial charge on any atom is -0.497 e. The van der Waals surface area contributed by atoms with Crippen molar-refractivity contribution < 1.29 is 9.13 Å². The first-order valence-corrected chi connectivity index (χ1v) is 10.2. The lowest BCUT2D eigenvalue weighted by Gasteiger charge is -2.08. The predicted octanol–water partition coefficient (Wildman–Crippen LogP) is 3.63. The van der Waals surface area contributed by atoms with Gasteiger partial charge in [-0.15, -0.1) is 0 Å². The molecular formula is C23H21FN8O. The molecule has 0 aliphatic rings. The number of nitrogens with zero attached hydrogens (tertiary/aromatic N) is 6. The van der Waals surface area contributed by atoms with Crippen LogP contribution in [0.3, 0.4) is 0 Å². The normalized spacial score (nSPS) is 11.1. The summed E-state index contributed by atoms with van der Waals surface area (Å²) in [4.78, 5) is 8.85. The average molecular weight is 444 g/mol. The van der Waals surface area contributed by atoms with E-state index in [2.05, 4.69) is 25.5 Å². The fourth-order valence-corrected chi connectivity index (χ4v) is 3.58. The minimum absolute atomic E-state index is 0.0720. The average Bonchev–Trinajstić information content (AvgIpc) is 3.48. The Morgan fingerprint density at radius 1 is 1.09 bits per heavy atom. The summed E-state index contributed by atoms with van der Waals surface area (Å²) >= 11 is 0. The molecule has 0 saturated carbocycles. The van der Waals surface area contributed by atoms with Gasteiger partial charge in [0.2, 0.25) is 0 Å². The molecule has 0 aliphatic heterocycles. The summed E-state index contributed by atoms with van der Waals surface area (Å²) in [5, 5.41) is 12.1. The number of fused-ring (bicyclic) bond motifs is 1. The number of hydrogen-bond acceptors (Lipinski definition) is 7. The van der Waals surface area contributed by atoms with Crippen LogP contribution in [0.1, 0.15) is 11.1 Å². The number of hydrogen-bond donors (Lipinski definition) is 2. The molecule has 10 heteroatoms. The van der Waals surface area contributed by atoms with Gasteiger partial charge in [-0.3, -0.25) is 0 Å². The molecule has 9 nitrogen and oxygen atoms in total. The van der Waals surface area contributed by atoms with Crippen LogP contribution in [0.25, 0.3) is 22.6 Å². The maximum atomic E-state index is 13.7. The molecule has 0 amide bonds. The predicted molar refractivity (Wildman–Crippen MR) is 123 cm³/mol. The number of methoxy groups -OCH3 is 1. The van der Waals surface area contributed by atoms with Crippen LogP contribution >= 0.6 is 0 Å². The van der Waals surface area contributed by atoms with Crippen LogP contribution in [-0.4, -0.2) is 36.5 Å². The molecule has 166 valence electrons. The summed E-state index contributed by atoms with van der Waals surface area (Å²) in [7, 11) is 1.64. The zero-order valence-electron chi connectivity index (χ0n) is 18.0. The second-order valence-electron chi connectivity index (χ2n) is 7.52. The van der Waals surface area contributed by atoms with Crippen LogP contribution in [0.2, 0.25) is 0 Å². The summed E-state index contributed by atoms with van der Waals surface area (Å²) in [6.07, 6.45) is 6.73. The summed E-state index contributed by atoms with van der Waals surface area (Å²) < 4.78 is 22.3. The van der Waals surface area contributed by atoms with Crippen LogP contribution < -0.4 is 15.8 Å². The lowest BCUT2D eigenvalue weighted by molar-refractivity contribution is 0.414. The molecular weight excluding hydrogens is 423 g/mol. The van der Waals surface area contributed by atoms with Crippen molar-refractivity contribution in [2.24, 2.45) is 0 Å². The number of anilines is 2. The van der Waals surface area contributed by atoms with Crippen molar-refractivity contribution in [3.8, 4) is 22.7 Å². The van der Waals surface area contributed by atoms with E-state index >= 15 is 0 Å². The fourth-order valence-electron chi connectivity index (χ4n) is 3.58. The Balaban J connectivity index is 1.43. The lowest BCUT2D eigenvalue weighted by Crippen LogP contribution is -2.05. The quantitative estimate of drug-likeness (QED) is 0.385. The Labute approximate surface area is 188 Å². The van der Waals surface area contributed by atoms with Gasteiger partial charge in [0.15, 0.2) is 11.5 Å². The van der Waals surface area contributed by atoms with Crippen molar-refractivity contribution in [1.82, 2.24) is 29.4 Å². The topological polar surface area (TPSA) is 108 Å². The van der Waals surface area contributed by atoms with Crippen LogP contribution in [0.5, 0.6) is 5.75 Å². The first-order valence-electron chi connectivity index (χ1n) is 10.2. The molecule has 5 rings (SSSR count). The van der Waals surface area contributed by atoms with E-state index in [1.54, 1.807) is 41.7 Å². The molecule has 3 N–H and O–H groups in total. The summed E-state index contributed by atoms with van der Waals surface area (Å²) in [5.74, 6) is 0.971. The van der Waals surface area contributed by atoms with Gasteiger partial charge in [0.1, 0.15) is 17.9 Å². The molecule has 0 saturated heterocycles. The summed E-state index contributed by atoms with van der Waals surface area (Å²) in [6, 6.07) is 10.8. The fraction of sp³-hybridized carbons (Fsp3) is 0.130. The van der Waals surface area contributed by atoms with E-state index in [1.807, 2.05) is 30.5 Å². The lowest BCUT2D eigenvalue weighted by atomic mass is 10.1. The number of rotatable bonds is 6. The van der Waals surface area contributed by atoms with Crippen LogP contribution in [0.4, 0.5) is 15.9 Å². The first kappa shape index (κ1) is 20.4. The third kappa shape index (κ3) is 3.82. The van der Waals surface area contributed by atoms with Gasteiger partial charge < -0.3 is 15.8 Å². The molecule has 3 heterocycles. The number of ether oxygens (including phenoxy) is 1. The van der Waals surface area contributed by atoms with E-state index in [0.29, 0.717) is 23.7 Å². The van der Waals surface area contributed by atoms with E-state index in [9.17, 15) is 4.39 Å². The Bertz CT molecular complexity index is 1440. The molecule has 0 unspecified atom stereocenters. The third-order valence-electron chi connectivity index (χ3n) is 5.36. The number of nitrogens with two attached hydrogens (primary N) is 1. The second-order valence-corrected chi connectivity index (χ2v) is 7.52. The van der Waals surface area contributed by atoms with E-state index in [4.69, 9.17) is 10.5 Å². The van der Waals surface area contributed by atoms with Crippen molar-refractivity contribution >= 4 is 17.2 Å². The number of halogens is 1. The number of nitrogens with one attached hydrogen (secondary N) is 1. The molecule has 0 fully saturated rings. The highest BCUT2D eigenvalue weighted by atomic mass is 19.1. The summed E-state index contributed by atoms with van der Waals surface area (Å²) in [5.41, 5.74) is 10.5. The zero-order chi connectivity index (χ0) is 22.9. The first-order chi connectivity index (χ1) is 16.0. The van der Waals surface area contributed by atoms with Gasteiger partial charge in [-0.2, -0.15) is 10.2 Å². The van der Waals surface area contributed by atoms with Gasteiger partial charge in [0, 0.05) is 18.3 Å². The minimum atomic E-state index is -0.447. The van der Waals surface area contributed by atoms with E-state index in [1.165, 1.54) is 12.4 Å². The Kier molecular flexibility index (Phi) is 5.09. The van der Waals surface area contributed by atoms with Crippen LogP contribution in [0.15, 0.2) is 61.3 Å². The Hall–Kier alpha value is -4.47. The van der Waals surface area contributed by atoms with Crippen LogP contribution in [0, 0.1) is 12.7 Å². The molecule has 0 radical (unpaired) electrons. The SMILES string of the molecule is COc1ccc(CNc2ncnn3c(-c4cnn(-c5cc(N)c(F)cc5C)c4)cnc23)cc1. The molecule has 0 aliphatic carbocycles. The standard InChI is InChI=1S/C23H21FN8O/c1-14-7-18(24)19(25)8-20(14)31-12-16(10-29-31)21-11-27-23-22(28-13-30-32(21)23)26-9-15-3-5-17(33-2)6-4-15/h3-8,10-13H,9,25H2,1-2H3,(H,26,28,30). The van der Waals surface area contributed by atoms with E-state index < -0.39 is 5.82 Å². The molecule has 0 bridgehead atoms. The van der Waals surface area contributed by atoms with Crippen molar-refractivity contribution in [1.29, 1.82) is 0 Å². The number of nitrogen functional groups attached to an aromatic ring is 1. The molecule has 0 spiro atoms. The van der Waals surface area contributed by atoms with Gasteiger partial charge >= 0.3 is 0 Å². The number of aromatic nitrogens is 6. The highest BCUT2D eigenvalue weighted by molar-refractivity contribution is 5.69.